The zero-order valence-corrected chi connectivity index (χ0v) is 12.5. The molecule has 22 heavy (non-hydrogen) atoms. The van der Waals surface area contributed by atoms with Crippen molar-refractivity contribution in [3.05, 3.63) is 41.7 Å². The van der Waals surface area contributed by atoms with E-state index in [-0.39, 0.29) is 11.9 Å². The number of anilines is 2. The second kappa shape index (κ2) is 5.51. The molecule has 3 amide bonds. The molecule has 0 spiro atoms. The van der Waals surface area contributed by atoms with Gasteiger partial charge in [0.15, 0.2) is 0 Å². The highest BCUT2D eigenvalue weighted by atomic mass is 16.2. The fraction of sp³-hybridized carbons (Fsp3) is 0.267. The zero-order valence-electron chi connectivity index (χ0n) is 12.5. The minimum absolute atomic E-state index is 0.0952. The normalized spacial score (nSPS) is 14.1. The minimum atomic E-state index is -0.213. The molecule has 0 aliphatic carbocycles. The van der Waals surface area contributed by atoms with Crippen molar-refractivity contribution in [2.75, 3.05) is 23.3 Å². The zero-order chi connectivity index (χ0) is 15.7. The number of rotatable bonds is 3. The molecule has 7 nitrogen and oxygen atoms in total. The van der Waals surface area contributed by atoms with E-state index in [9.17, 15) is 9.59 Å². The average Bonchev–Trinajstić information content (AvgIpc) is 3.05. The van der Waals surface area contributed by atoms with Gasteiger partial charge in [0.25, 0.3) is 5.91 Å². The Labute approximate surface area is 127 Å². The number of carbonyl (C=O) groups is 2. The smallest absolute Gasteiger partial charge is 0.321 e. The summed E-state index contributed by atoms with van der Waals surface area (Å²) in [6.07, 6.45) is 0. The Bertz CT molecular complexity index is 720. The molecular weight excluding hydrogens is 282 g/mol. The Kier molecular flexibility index (Phi) is 3.54. The van der Waals surface area contributed by atoms with Gasteiger partial charge in [-0.2, -0.15) is 5.10 Å². The number of carbonyl (C=O) groups excluding carboxylic acids is 2. The molecule has 1 aromatic carbocycles. The van der Waals surface area contributed by atoms with Gasteiger partial charge in [0.1, 0.15) is 5.69 Å². The maximum atomic E-state index is 12.2. The predicted molar refractivity (Wildman–Crippen MR) is 83.1 cm³/mol. The first-order chi connectivity index (χ1) is 10.5. The van der Waals surface area contributed by atoms with Crippen LogP contribution >= 0.6 is 0 Å². The number of hydrogen-bond donors (Lipinski definition) is 2. The Balaban J connectivity index is 1.72. The number of nitrogens with zero attached hydrogens (tertiary/aromatic N) is 3. The largest absolute Gasteiger partial charge is 0.336 e. The van der Waals surface area contributed by atoms with Gasteiger partial charge in [0.2, 0.25) is 0 Å². The summed E-state index contributed by atoms with van der Waals surface area (Å²) in [5.74, 6) is -0.213. The Morgan fingerprint density at radius 2 is 2.05 bits per heavy atom. The molecule has 7 heteroatoms. The van der Waals surface area contributed by atoms with Gasteiger partial charge in [-0.15, -0.1) is 0 Å². The van der Waals surface area contributed by atoms with Gasteiger partial charge in [-0.3, -0.25) is 14.4 Å². The summed E-state index contributed by atoms with van der Waals surface area (Å²) >= 11 is 0. The van der Waals surface area contributed by atoms with Crippen LogP contribution in [0.15, 0.2) is 30.3 Å². The van der Waals surface area contributed by atoms with Crippen LogP contribution in [-0.2, 0) is 7.05 Å². The first-order valence-corrected chi connectivity index (χ1v) is 7.02. The third kappa shape index (κ3) is 2.65. The van der Waals surface area contributed by atoms with E-state index in [1.165, 1.54) is 0 Å². The van der Waals surface area contributed by atoms with Gasteiger partial charge in [-0.05, 0) is 37.3 Å². The van der Waals surface area contributed by atoms with Crippen LogP contribution in [0.25, 0.3) is 0 Å². The van der Waals surface area contributed by atoms with Crippen LogP contribution in [0.1, 0.15) is 16.2 Å². The first kappa shape index (κ1) is 14.1. The number of aromatic nitrogens is 2. The number of amides is 3. The fourth-order valence-electron chi connectivity index (χ4n) is 2.46. The van der Waals surface area contributed by atoms with Crippen molar-refractivity contribution < 1.29 is 9.59 Å². The minimum Gasteiger partial charge on any atom is -0.336 e. The van der Waals surface area contributed by atoms with Crippen LogP contribution in [0.4, 0.5) is 16.2 Å². The lowest BCUT2D eigenvalue weighted by Crippen LogP contribution is -2.27. The summed E-state index contributed by atoms with van der Waals surface area (Å²) in [4.78, 5) is 25.5. The standard InChI is InChI=1S/C15H17N5O2/c1-10-9-13(19(2)18-10)14(21)17-11-3-5-12(6-4-11)20-8-7-16-15(20)22/h3-6,9H,7-8H2,1-2H3,(H,16,22)(H,17,21). The Hall–Kier alpha value is -2.83. The predicted octanol–water partition coefficient (Wildman–Crippen LogP) is 1.51. The molecule has 0 bridgehead atoms. The highest BCUT2D eigenvalue weighted by molar-refractivity contribution is 6.03. The van der Waals surface area contributed by atoms with E-state index in [2.05, 4.69) is 15.7 Å². The Morgan fingerprint density at radius 1 is 1.32 bits per heavy atom. The molecule has 0 atom stereocenters. The highest BCUT2D eigenvalue weighted by Gasteiger charge is 2.21. The van der Waals surface area contributed by atoms with Gasteiger partial charge < -0.3 is 10.6 Å². The molecule has 1 fully saturated rings. The average molecular weight is 299 g/mol. The summed E-state index contributed by atoms with van der Waals surface area (Å²) in [5, 5.41) is 9.73. The van der Waals surface area contributed by atoms with Gasteiger partial charge in [-0.1, -0.05) is 0 Å². The van der Waals surface area contributed by atoms with Crippen LogP contribution < -0.4 is 15.5 Å². The van der Waals surface area contributed by atoms with Crippen molar-refractivity contribution in [2.45, 2.75) is 6.92 Å². The molecule has 0 unspecified atom stereocenters. The molecule has 2 N–H and O–H groups in total. The second-order valence-electron chi connectivity index (χ2n) is 5.18. The lowest BCUT2D eigenvalue weighted by molar-refractivity contribution is 0.101. The lowest BCUT2D eigenvalue weighted by atomic mass is 10.2. The van der Waals surface area contributed by atoms with Crippen LogP contribution in [0, 0.1) is 6.92 Å². The van der Waals surface area contributed by atoms with Gasteiger partial charge >= 0.3 is 6.03 Å². The fourth-order valence-corrected chi connectivity index (χ4v) is 2.46. The van der Waals surface area contributed by atoms with E-state index >= 15 is 0 Å². The quantitative estimate of drug-likeness (QED) is 0.901. The van der Waals surface area contributed by atoms with Crippen LogP contribution in [0.3, 0.4) is 0 Å². The van der Waals surface area contributed by atoms with Crippen molar-refractivity contribution in [1.82, 2.24) is 15.1 Å². The molecule has 2 aromatic rings. The first-order valence-electron chi connectivity index (χ1n) is 7.02. The summed E-state index contributed by atoms with van der Waals surface area (Å²) in [7, 11) is 1.73. The lowest BCUT2D eigenvalue weighted by Gasteiger charge is -2.14. The van der Waals surface area contributed by atoms with Crippen molar-refractivity contribution in [1.29, 1.82) is 0 Å². The van der Waals surface area contributed by atoms with Crippen LogP contribution in [0.5, 0.6) is 0 Å². The van der Waals surface area contributed by atoms with E-state index in [0.29, 0.717) is 24.5 Å². The SMILES string of the molecule is Cc1cc(C(=O)Nc2ccc(N3CCNC3=O)cc2)n(C)n1. The van der Waals surface area contributed by atoms with Crippen molar-refractivity contribution in [3.63, 3.8) is 0 Å². The van der Waals surface area contributed by atoms with E-state index in [1.807, 2.05) is 19.1 Å². The molecule has 0 saturated carbocycles. The van der Waals surface area contributed by atoms with Gasteiger partial charge in [0.05, 0.1) is 5.69 Å². The van der Waals surface area contributed by atoms with Gasteiger partial charge in [0, 0.05) is 31.5 Å². The monoisotopic (exact) mass is 299 g/mol. The van der Waals surface area contributed by atoms with Gasteiger partial charge in [-0.25, -0.2) is 4.79 Å². The summed E-state index contributed by atoms with van der Waals surface area (Å²) < 4.78 is 1.55. The molecule has 3 rings (SSSR count). The van der Waals surface area contributed by atoms with Crippen molar-refractivity contribution >= 4 is 23.3 Å². The van der Waals surface area contributed by atoms with E-state index in [1.54, 1.807) is 34.8 Å². The molecule has 0 radical (unpaired) electrons. The number of hydrogen-bond acceptors (Lipinski definition) is 3. The topological polar surface area (TPSA) is 79.3 Å². The third-order valence-electron chi connectivity index (χ3n) is 3.53. The summed E-state index contributed by atoms with van der Waals surface area (Å²) in [6.45, 7) is 3.14. The number of nitrogens with one attached hydrogen (secondary N) is 2. The van der Waals surface area contributed by atoms with E-state index in [0.717, 1.165) is 11.4 Å². The third-order valence-corrected chi connectivity index (χ3v) is 3.53. The van der Waals surface area contributed by atoms with E-state index < -0.39 is 0 Å². The molecule has 1 aliphatic heterocycles. The molecule has 2 heterocycles. The summed E-state index contributed by atoms with van der Waals surface area (Å²) in [6, 6.07) is 8.83. The molecule has 1 aliphatic rings. The van der Waals surface area contributed by atoms with Crippen LogP contribution in [-0.4, -0.2) is 34.8 Å². The molecule has 1 aromatic heterocycles. The van der Waals surface area contributed by atoms with E-state index in [4.69, 9.17) is 0 Å². The van der Waals surface area contributed by atoms with Crippen LogP contribution in [0.2, 0.25) is 0 Å². The number of benzene rings is 1. The molecule has 114 valence electrons. The number of aryl methyl sites for hydroxylation is 2. The molecule has 1 saturated heterocycles. The van der Waals surface area contributed by atoms with Crippen molar-refractivity contribution in [3.8, 4) is 0 Å². The maximum Gasteiger partial charge on any atom is 0.321 e. The molecular formula is C15H17N5O2. The maximum absolute atomic E-state index is 12.2. The second-order valence-corrected chi connectivity index (χ2v) is 5.18. The highest BCUT2D eigenvalue weighted by Crippen LogP contribution is 2.20. The van der Waals surface area contributed by atoms with Crippen molar-refractivity contribution in [2.24, 2.45) is 7.05 Å². The summed E-state index contributed by atoms with van der Waals surface area (Å²) in [5.41, 5.74) is 2.78. The number of urea groups is 1. The Morgan fingerprint density at radius 3 is 2.59 bits per heavy atom.